The SMILES string of the molecule is O=C(CSc1ccc(NC(=O)/C(=C/c2ccc([N+](=O)[O-])cc2)NC(=O)c2ccccc2)cc1)Nc1nc(-c2ccc(Cl)c(Cl)c2)cs1. The molecule has 0 fully saturated rings. The highest BCUT2D eigenvalue weighted by Gasteiger charge is 2.16. The first-order chi connectivity index (χ1) is 22.6. The Kier molecular flexibility index (Phi) is 11.0. The largest absolute Gasteiger partial charge is 0.321 e. The number of hydrogen-bond acceptors (Lipinski definition) is 8. The number of carbonyl (C=O) groups excluding carboxylic acids is 3. The summed E-state index contributed by atoms with van der Waals surface area (Å²) in [7, 11) is 0. The van der Waals surface area contributed by atoms with Crippen LogP contribution in [0.1, 0.15) is 15.9 Å². The zero-order chi connectivity index (χ0) is 33.3. The van der Waals surface area contributed by atoms with Crippen LogP contribution in [0.2, 0.25) is 10.0 Å². The minimum atomic E-state index is -0.601. The lowest BCUT2D eigenvalue weighted by Crippen LogP contribution is -2.30. The van der Waals surface area contributed by atoms with E-state index in [9.17, 15) is 24.5 Å². The van der Waals surface area contributed by atoms with Gasteiger partial charge in [0.1, 0.15) is 5.70 Å². The van der Waals surface area contributed by atoms with Gasteiger partial charge in [0.25, 0.3) is 17.5 Å². The van der Waals surface area contributed by atoms with Gasteiger partial charge in [-0.1, -0.05) is 47.5 Å². The van der Waals surface area contributed by atoms with Crippen molar-refractivity contribution in [1.82, 2.24) is 10.3 Å². The summed E-state index contributed by atoms with van der Waals surface area (Å²) in [5, 5.41) is 22.3. The lowest BCUT2D eigenvalue weighted by molar-refractivity contribution is -0.384. The molecule has 4 aromatic carbocycles. The molecule has 10 nitrogen and oxygen atoms in total. The molecule has 0 bridgehead atoms. The van der Waals surface area contributed by atoms with Crippen molar-refractivity contribution in [3.63, 3.8) is 0 Å². The van der Waals surface area contributed by atoms with E-state index in [0.717, 1.165) is 10.5 Å². The highest BCUT2D eigenvalue weighted by atomic mass is 35.5. The highest BCUT2D eigenvalue weighted by Crippen LogP contribution is 2.31. The molecule has 5 rings (SSSR count). The van der Waals surface area contributed by atoms with Crippen molar-refractivity contribution in [3.8, 4) is 11.3 Å². The molecule has 0 radical (unpaired) electrons. The number of nitro groups is 1. The Labute approximate surface area is 287 Å². The number of halogens is 2. The van der Waals surface area contributed by atoms with Crippen molar-refractivity contribution < 1.29 is 19.3 Å². The monoisotopic (exact) mass is 703 g/mol. The Morgan fingerprint density at radius 2 is 1.62 bits per heavy atom. The molecule has 0 saturated heterocycles. The summed E-state index contributed by atoms with van der Waals surface area (Å²) in [6.45, 7) is 0. The van der Waals surface area contributed by atoms with Crippen LogP contribution < -0.4 is 16.0 Å². The minimum Gasteiger partial charge on any atom is -0.321 e. The van der Waals surface area contributed by atoms with Gasteiger partial charge in [-0.3, -0.25) is 24.5 Å². The standard InChI is InChI=1S/C33H23Cl2N5O5S2/c34-26-15-8-22(17-27(26)35)29-18-47-33(38-29)39-30(41)19-46-25-13-9-23(10-14-25)36-32(43)28(37-31(42)21-4-2-1-3-5-21)16-20-6-11-24(12-7-20)40(44)45/h1-18H,19H2,(H,36,43)(H,37,42)(H,38,39,41)/b28-16-. The summed E-state index contributed by atoms with van der Waals surface area (Å²) in [6.07, 6.45) is 1.43. The van der Waals surface area contributed by atoms with E-state index in [1.807, 2.05) is 5.38 Å². The van der Waals surface area contributed by atoms with E-state index in [-0.39, 0.29) is 23.0 Å². The van der Waals surface area contributed by atoms with E-state index in [0.29, 0.717) is 37.7 Å². The Morgan fingerprint density at radius 3 is 2.30 bits per heavy atom. The maximum atomic E-state index is 13.3. The number of anilines is 2. The van der Waals surface area contributed by atoms with E-state index in [4.69, 9.17) is 23.2 Å². The number of thioether (sulfide) groups is 1. The average Bonchev–Trinajstić information content (AvgIpc) is 3.54. The van der Waals surface area contributed by atoms with Gasteiger partial charge in [0, 0.05) is 39.2 Å². The maximum absolute atomic E-state index is 13.3. The van der Waals surface area contributed by atoms with Gasteiger partial charge in [0.05, 0.1) is 26.4 Å². The van der Waals surface area contributed by atoms with Crippen LogP contribution in [0.4, 0.5) is 16.5 Å². The molecule has 0 aliphatic carbocycles. The molecule has 0 unspecified atom stereocenters. The number of nitrogens with zero attached hydrogens (tertiary/aromatic N) is 2. The molecule has 1 aromatic heterocycles. The topological polar surface area (TPSA) is 143 Å². The number of thiazole rings is 1. The molecule has 5 aromatic rings. The fourth-order valence-corrected chi connectivity index (χ4v) is 5.79. The zero-order valence-electron chi connectivity index (χ0n) is 24.1. The second-order valence-corrected chi connectivity index (χ2v) is 12.4. The Bertz CT molecular complexity index is 1970. The number of nitro benzene ring substituents is 1. The van der Waals surface area contributed by atoms with Gasteiger partial charge in [-0.25, -0.2) is 4.98 Å². The lowest BCUT2D eigenvalue weighted by atomic mass is 10.1. The summed E-state index contributed by atoms with van der Waals surface area (Å²) >= 11 is 14.7. The normalized spacial score (nSPS) is 11.1. The molecule has 3 N–H and O–H groups in total. The quantitative estimate of drug-likeness (QED) is 0.0545. The number of amides is 3. The second kappa shape index (κ2) is 15.5. The van der Waals surface area contributed by atoms with Gasteiger partial charge < -0.3 is 16.0 Å². The number of nitrogens with one attached hydrogen (secondary N) is 3. The molecule has 0 saturated carbocycles. The molecule has 1 heterocycles. The fraction of sp³-hybridized carbons (Fsp3) is 0.0303. The first-order valence-corrected chi connectivity index (χ1v) is 16.3. The van der Waals surface area contributed by atoms with Crippen molar-refractivity contribution in [2.75, 3.05) is 16.4 Å². The van der Waals surface area contributed by atoms with Crippen LogP contribution in [0.5, 0.6) is 0 Å². The van der Waals surface area contributed by atoms with Gasteiger partial charge in [-0.2, -0.15) is 0 Å². The molecular formula is C33H23Cl2N5O5S2. The maximum Gasteiger partial charge on any atom is 0.272 e. The third-order valence-corrected chi connectivity index (χ3v) is 8.90. The van der Waals surface area contributed by atoms with Crippen LogP contribution in [0, 0.1) is 10.1 Å². The van der Waals surface area contributed by atoms with Crippen LogP contribution in [0.15, 0.2) is 113 Å². The van der Waals surface area contributed by atoms with Crippen molar-refractivity contribution in [3.05, 3.63) is 139 Å². The molecule has 3 amide bonds. The van der Waals surface area contributed by atoms with E-state index in [1.54, 1.807) is 72.8 Å². The minimum absolute atomic E-state index is 0.0627. The first-order valence-electron chi connectivity index (χ1n) is 13.7. The summed E-state index contributed by atoms with van der Waals surface area (Å²) in [5.41, 5.74) is 2.56. The van der Waals surface area contributed by atoms with Crippen molar-refractivity contribution in [2.45, 2.75) is 4.90 Å². The molecule has 0 spiro atoms. The number of non-ortho nitro benzene ring substituents is 1. The molecule has 0 atom stereocenters. The van der Waals surface area contributed by atoms with E-state index < -0.39 is 16.7 Å². The predicted molar refractivity (Wildman–Crippen MR) is 187 cm³/mol. The van der Waals surface area contributed by atoms with Crippen LogP contribution in [-0.2, 0) is 9.59 Å². The van der Waals surface area contributed by atoms with E-state index >= 15 is 0 Å². The molecule has 14 heteroatoms. The summed E-state index contributed by atoms with van der Waals surface area (Å²) in [4.78, 5) is 54.4. The fourth-order valence-electron chi connectivity index (χ4n) is 4.06. The first kappa shape index (κ1) is 33.4. The lowest BCUT2D eigenvalue weighted by Gasteiger charge is -2.12. The summed E-state index contributed by atoms with van der Waals surface area (Å²) < 4.78 is 0. The average molecular weight is 705 g/mol. The Hall–Kier alpha value is -5.01. The van der Waals surface area contributed by atoms with E-state index in [1.165, 1.54) is 53.4 Å². The number of aromatic nitrogens is 1. The van der Waals surface area contributed by atoms with Gasteiger partial charge in [0.15, 0.2) is 5.13 Å². The Morgan fingerprint density at radius 1 is 0.894 bits per heavy atom. The zero-order valence-corrected chi connectivity index (χ0v) is 27.3. The third kappa shape index (κ3) is 9.27. The van der Waals surface area contributed by atoms with E-state index in [2.05, 4.69) is 20.9 Å². The van der Waals surface area contributed by atoms with Crippen molar-refractivity contribution in [1.29, 1.82) is 0 Å². The number of carbonyl (C=O) groups is 3. The molecule has 0 aliphatic heterocycles. The van der Waals surface area contributed by atoms with Crippen LogP contribution in [0.25, 0.3) is 17.3 Å². The predicted octanol–water partition coefficient (Wildman–Crippen LogP) is 8.17. The Balaban J connectivity index is 1.19. The number of hydrogen-bond donors (Lipinski definition) is 3. The second-order valence-electron chi connectivity index (χ2n) is 9.71. The summed E-state index contributed by atoms with van der Waals surface area (Å²) in [6, 6.07) is 26.0. The van der Waals surface area contributed by atoms with Crippen molar-refractivity contribution >= 4 is 86.6 Å². The van der Waals surface area contributed by atoms with Gasteiger partial charge >= 0.3 is 0 Å². The van der Waals surface area contributed by atoms with Crippen LogP contribution >= 0.6 is 46.3 Å². The van der Waals surface area contributed by atoms with Gasteiger partial charge in [-0.05, 0) is 72.3 Å². The molecule has 236 valence electrons. The number of rotatable bonds is 11. The number of benzene rings is 4. The van der Waals surface area contributed by atoms with Gasteiger partial charge in [0.2, 0.25) is 5.91 Å². The van der Waals surface area contributed by atoms with Crippen molar-refractivity contribution in [2.24, 2.45) is 0 Å². The van der Waals surface area contributed by atoms with Gasteiger partial charge in [-0.15, -0.1) is 23.1 Å². The molecule has 0 aliphatic rings. The highest BCUT2D eigenvalue weighted by molar-refractivity contribution is 8.00. The smallest absolute Gasteiger partial charge is 0.272 e. The summed E-state index contributed by atoms with van der Waals surface area (Å²) in [5.74, 6) is -1.21. The third-order valence-electron chi connectivity index (χ3n) is 6.39. The molecule has 47 heavy (non-hydrogen) atoms. The van der Waals surface area contributed by atoms with Crippen LogP contribution in [0.3, 0.4) is 0 Å². The van der Waals surface area contributed by atoms with Crippen LogP contribution in [-0.4, -0.2) is 33.4 Å². The molecular weight excluding hydrogens is 681 g/mol.